The van der Waals surface area contributed by atoms with Crippen LogP contribution in [0.1, 0.15) is 31.7 Å². The first-order valence-corrected chi connectivity index (χ1v) is 6.69. The highest BCUT2D eigenvalue weighted by Gasteiger charge is 2.05. The van der Waals surface area contributed by atoms with Crippen molar-refractivity contribution in [3.05, 3.63) is 29.8 Å². The molecule has 0 heterocycles. The van der Waals surface area contributed by atoms with Crippen molar-refractivity contribution in [1.29, 1.82) is 0 Å². The summed E-state index contributed by atoms with van der Waals surface area (Å²) in [4.78, 5) is 2.33. The van der Waals surface area contributed by atoms with Crippen LogP contribution >= 0.6 is 0 Å². The number of nitrogens with two attached hydrogens (primary N) is 1. The van der Waals surface area contributed by atoms with Crippen LogP contribution in [0.4, 0.5) is 0 Å². The van der Waals surface area contributed by atoms with Crippen LogP contribution in [0, 0.1) is 0 Å². The third-order valence-electron chi connectivity index (χ3n) is 3.08. The SMILES string of the molecule is COc1ccccc1CN(C)CCCCC(C)N. The zero-order valence-corrected chi connectivity index (χ0v) is 11.9. The molecule has 18 heavy (non-hydrogen) atoms. The van der Waals surface area contributed by atoms with Crippen molar-refractivity contribution in [3.63, 3.8) is 0 Å². The summed E-state index contributed by atoms with van der Waals surface area (Å²) in [5, 5.41) is 0. The molecule has 0 amide bonds. The van der Waals surface area contributed by atoms with Gasteiger partial charge in [0.1, 0.15) is 5.75 Å². The number of hydrogen-bond donors (Lipinski definition) is 1. The largest absolute Gasteiger partial charge is 0.496 e. The summed E-state index contributed by atoms with van der Waals surface area (Å²) in [6.07, 6.45) is 3.52. The monoisotopic (exact) mass is 250 g/mol. The Bertz CT molecular complexity index is 339. The molecule has 3 heteroatoms. The molecular formula is C15H26N2O. The fourth-order valence-electron chi connectivity index (χ4n) is 2.05. The number of para-hydroxylation sites is 1. The lowest BCUT2D eigenvalue weighted by molar-refractivity contribution is 0.308. The van der Waals surface area contributed by atoms with E-state index in [9.17, 15) is 0 Å². The van der Waals surface area contributed by atoms with E-state index in [0.29, 0.717) is 6.04 Å². The molecule has 1 atom stereocenters. The molecule has 1 unspecified atom stereocenters. The standard InChI is InChI=1S/C15H26N2O/c1-13(16)8-6-7-11-17(2)12-14-9-4-5-10-15(14)18-3/h4-5,9-10,13H,6-8,11-12,16H2,1-3H3. The Morgan fingerprint density at radius 1 is 1.28 bits per heavy atom. The van der Waals surface area contributed by atoms with Crippen LogP contribution in [0.2, 0.25) is 0 Å². The number of benzene rings is 1. The minimum absolute atomic E-state index is 0.324. The topological polar surface area (TPSA) is 38.5 Å². The molecule has 0 aliphatic carbocycles. The maximum absolute atomic E-state index is 5.74. The number of ether oxygens (including phenoxy) is 1. The Morgan fingerprint density at radius 2 is 2.00 bits per heavy atom. The van der Waals surface area contributed by atoms with E-state index >= 15 is 0 Å². The Balaban J connectivity index is 2.33. The molecule has 0 saturated heterocycles. The Kier molecular flexibility index (Phi) is 6.76. The Morgan fingerprint density at radius 3 is 2.67 bits per heavy atom. The van der Waals surface area contributed by atoms with Gasteiger partial charge in [-0.2, -0.15) is 0 Å². The van der Waals surface area contributed by atoms with Crippen molar-refractivity contribution >= 4 is 0 Å². The van der Waals surface area contributed by atoms with Crippen LogP contribution in [-0.2, 0) is 6.54 Å². The van der Waals surface area contributed by atoms with Gasteiger partial charge in [-0.15, -0.1) is 0 Å². The van der Waals surface area contributed by atoms with Gasteiger partial charge in [0.05, 0.1) is 7.11 Å². The van der Waals surface area contributed by atoms with Gasteiger partial charge in [0.15, 0.2) is 0 Å². The molecule has 0 saturated carbocycles. The number of nitrogens with zero attached hydrogens (tertiary/aromatic N) is 1. The lowest BCUT2D eigenvalue weighted by Crippen LogP contribution is -2.20. The lowest BCUT2D eigenvalue weighted by atomic mass is 10.1. The van der Waals surface area contributed by atoms with Crippen LogP contribution in [-0.4, -0.2) is 31.6 Å². The predicted octanol–water partition coefficient (Wildman–Crippen LogP) is 2.64. The van der Waals surface area contributed by atoms with Crippen molar-refractivity contribution < 1.29 is 4.74 Å². The predicted molar refractivity (Wildman–Crippen MR) is 76.8 cm³/mol. The second kappa shape index (κ2) is 8.11. The van der Waals surface area contributed by atoms with Gasteiger partial charge in [0, 0.05) is 18.2 Å². The molecule has 2 N–H and O–H groups in total. The van der Waals surface area contributed by atoms with Crippen LogP contribution in [0.15, 0.2) is 24.3 Å². The molecule has 1 aromatic carbocycles. The molecule has 3 nitrogen and oxygen atoms in total. The van der Waals surface area contributed by atoms with E-state index in [1.54, 1.807) is 7.11 Å². The third kappa shape index (κ3) is 5.52. The van der Waals surface area contributed by atoms with Gasteiger partial charge in [0.25, 0.3) is 0 Å². The smallest absolute Gasteiger partial charge is 0.123 e. The highest BCUT2D eigenvalue weighted by atomic mass is 16.5. The second-order valence-corrected chi connectivity index (χ2v) is 5.02. The van der Waals surface area contributed by atoms with E-state index in [2.05, 4.69) is 31.0 Å². The van der Waals surface area contributed by atoms with Gasteiger partial charge in [0.2, 0.25) is 0 Å². The molecule has 1 rings (SSSR count). The van der Waals surface area contributed by atoms with Gasteiger partial charge in [-0.05, 0) is 39.4 Å². The normalized spacial score (nSPS) is 12.7. The van der Waals surface area contributed by atoms with E-state index in [0.717, 1.165) is 25.3 Å². The van der Waals surface area contributed by atoms with Gasteiger partial charge in [-0.25, -0.2) is 0 Å². The first-order chi connectivity index (χ1) is 8.63. The maximum Gasteiger partial charge on any atom is 0.123 e. The van der Waals surface area contributed by atoms with Gasteiger partial charge in [-0.3, -0.25) is 0 Å². The van der Waals surface area contributed by atoms with E-state index in [1.165, 1.54) is 18.4 Å². The molecule has 0 bridgehead atoms. The fourth-order valence-corrected chi connectivity index (χ4v) is 2.05. The highest BCUT2D eigenvalue weighted by molar-refractivity contribution is 5.32. The van der Waals surface area contributed by atoms with Crippen LogP contribution in [0.5, 0.6) is 5.75 Å². The van der Waals surface area contributed by atoms with E-state index in [1.807, 2.05) is 12.1 Å². The van der Waals surface area contributed by atoms with Crippen molar-refractivity contribution in [2.45, 2.75) is 38.8 Å². The average molecular weight is 250 g/mol. The quantitative estimate of drug-likeness (QED) is 0.721. The molecular weight excluding hydrogens is 224 g/mol. The van der Waals surface area contributed by atoms with Gasteiger partial charge >= 0.3 is 0 Å². The summed E-state index contributed by atoms with van der Waals surface area (Å²) in [6.45, 7) is 4.10. The maximum atomic E-state index is 5.74. The molecule has 0 aliphatic rings. The summed E-state index contributed by atoms with van der Waals surface area (Å²) in [5.41, 5.74) is 6.99. The zero-order valence-electron chi connectivity index (χ0n) is 11.9. The van der Waals surface area contributed by atoms with Crippen LogP contribution in [0.3, 0.4) is 0 Å². The Labute approximate surface area is 111 Å². The molecule has 0 fully saturated rings. The van der Waals surface area contributed by atoms with Crippen molar-refractivity contribution in [1.82, 2.24) is 4.90 Å². The summed E-state index contributed by atoms with van der Waals surface area (Å²) in [5.74, 6) is 0.972. The number of hydrogen-bond acceptors (Lipinski definition) is 3. The lowest BCUT2D eigenvalue weighted by Gasteiger charge is -2.18. The second-order valence-electron chi connectivity index (χ2n) is 5.02. The number of methoxy groups -OCH3 is 1. The van der Waals surface area contributed by atoms with Crippen LogP contribution in [0.25, 0.3) is 0 Å². The van der Waals surface area contributed by atoms with E-state index < -0.39 is 0 Å². The van der Waals surface area contributed by atoms with Crippen molar-refractivity contribution in [2.75, 3.05) is 20.7 Å². The minimum atomic E-state index is 0.324. The van der Waals surface area contributed by atoms with Crippen molar-refractivity contribution in [3.8, 4) is 5.75 Å². The van der Waals surface area contributed by atoms with Gasteiger partial charge in [-0.1, -0.05) is 24.6 Å². The molecule has 0 spiro atoms. The molecule has 0 aliphatic heterocycles. The average Bonchev–Trinajstić information content (AvgIpc) is 2.35. The first kappa shape index (κ1) is 15.0. The zero-order chi connectivity index (χ0) is 13.4. The summed E-state index contributed by atoms with van der Waals surface area (Å²) in [7, 11) is 3.87. The molecule has 102 valence electrons. The molecule has 0 radical (unpaired) electrons. The third-order valence-corrected chi connectivity index (χ3v) is 3.08. The first-order valence-electron chi connectivity index (χ1n) is 6.69. The van der Waals surface area contributed by atoms with Crippen LogP contribution < -0.4 is 10.5 Å². The fraction of sp³-hybridized carbons (Fsp3) is 0.600. The summed E-state index contributed by atoms with van der Waals surface area (Å²) in [6, 6.07) is 8.52. The minimum Gasteiger partial charge on any atom is -0.496 e. The van der Waals surface area contributed by atoms with E-state index in [4.69, 9.17) is 10.5 Å². The van der Waals surface area contributed by atoms with Gasteiger partial charge < -0.3 is 15.4 Å². The molecule has 0 aromatic heterocycles. The number of unbranched alkanes of at least 4 members (excludes halogenated alkanes) is 1. The summed E-state index contributed by atoms with van der Waals surface area (Å²) < 4.78 is 5.36. The number of rotatable bonds is 8. The Hall–Kier alpha value is -1.06. The van der Waals surface area contributed by atoms with E-state index in [-0.39, 0.29) is 0 Å². The highest BCUT2D eigenvalue weighted by Crippen LogP contribution is 2.18. The summed E-state index contributed by atoms with van der Waals surface area (Å²) >= 11 is 0. The van der Waals surface area contributed by atoms with Crippen molar-refractivity contribution in [2.24, 2.45) is 5.73 Å². The molecule has 1 aromatic rings.